The van der Waals surface area contributed by atoms with Gasteiger partial charge < -0.3 is 24.5 Å². The third-order valence-corrected chi connectivity index (χ3v) is 4.96. The maximum Gasteiger partial charge on any atom is 0.356 e. The highest BCUT2D eigenvalue weighted by Crippen LogP contribution is 2.50. The first kappa shape index (κ1) is 20.5. The number of hydrogen-bond acceptors (Lipinski definition) is 9. The van der Waals surface area contributed by atoms with Gasteiger partial charge in [-0.3, -0.25) is 9.36 Å². The molecular weight excluding hydrogens is 363 g/mol. The van der Waals surface area contributed by atoms with Gasteiger partial charge in [0.15, 0.2) is 11.2 Å². The Kier molecular flexibility index (Phi) is 6.51. The SMILES string of the molecule is CC(C)OP(=O)(CO[C@@H](C)Cn1nc2[nH]c(N)nc(=O)c2n1)OC(C)C. The summed E-state index contributed by atoms with van der Waals surface area (Å²) in [6.45, 7) is 9.08. The second-order valence-corrected chi connectivity index (χ2v) is 8.31. The van der Waals surface area contributed by atoms with Crippen LogP contribution in [0.3, 0.4) is 0 Å². The molecule has 1 atom stereocenters. The third-order valence-electron chi connectivity index (χ3n) is 3.01. The van der Waals surface area contributed by atoms with Crippen molar-refractivity contribution in [2.75, 3.05) is 12.1 Å². The Balaban J connectivity index is 2.03. The molecule has 2 aromatic rings. The maximum atomic E-state index is 12.7. The van der Waals surface area contributed by atoms with Gasteiger partial charge in [-0.15, -0.1) is 10.2 Å². The Labute approximate surface area is 150 Å². The highest BCUT2D eigenvalue weighted by molar-refractivity contribution is 7.53. The highest BCUT2D eigenvalue weighted by atomic mass is 31.2. The second-order valence-electron chi connectivity index (χ2n) is 6.40. The van der Waals surface area contributed by atoms with E-state index in [1.165, 1.54) is 4.80 Å². The molecule has 0 saturated heterocycles. The quantitative estimate of drug-likeness (QED) is 0.610. The zero-order chi connectivity index (χ0) is 19.5. The van der Waals surface area contributed by atoms with Crippen molar-refractivity contribution in [2.45, 2.75) is 59.5 Å². The molecule has 0 aromatic carbocycles. The number of aromatic nitrogens is 5. The maximum absolute atomic E-state index is 12.7. The van der Waals surface area contributed by atoms with Gasteiger partial charge in [0, 0.05) is 0 Å². The van der Waals surface area contributed by atoms with Crippen LogP contribution in [0.15, 0.2) is 4.79 Å². The van der Waals surface area contributed by atoms with Gasteiger partial charge in [-0.05, 0) is 34.6 Å². The van der Waals surface area contributed by atoms with Crippen molar-refractivity contribution in [1.29, 1.82) is 0 Å². The Bertz CT molecular complexity index is 834. The molecule has 0 bridgehead atoms. The fourth-order valence-corrected chi connectivity index (χ4v) is 4.09. The van der Waals surface area contributed by atoms with Crippen molar-refractivity contribution in [3.05, 3.63) is 10.4 Å². The van der Waals surface area contributed by atoms with E-state index < -0.39 is 19.3 Å². The second kappa shape index (κ2) is 8.26. The van der Waals surface area contributed by atoms with Gasteiger partial charge >= 0.3 is 13.2 Å². The van der Waals surface area contributed by atoms with E-state index in [0.29, 0.717) is 0 Å². The molecule has 0 amide bonds. The lowest BCUT2D eigenvalue weighted by molar-refractivity contribution is 0.0504. The van der Waals surface area contributed by atoms with Crippen LogP contribution in [0, 0.1) is 0 Å². The Morgan fingerprint density at radius 1 is 1.15 bits per heavy atom. The number of nitrogens with one attached hydrogen (secondary N) is 1. The largest absolute Gasteiger partial charge is 0.369 e. The molecule has 2 heterocycles. The zero-order valence-electron chi connectivity index (χ0n) is 15.5. The molecule has 2 rings (SSSR count). The summed E-state index contributed by atoms with van der Waals surface area (Å²) in [6, 6.07) is 0. The number of nitrogens with two attached hydrogens (primary N) is 1. The number of hydrogen-bond donors (Lipinski definition) is 2. The van der Waals surface area contributed by atoms with Crippen LogP contribution < -0.4 is 11.3 Å². The van der Waals surface area contributed by atoms with Crippen molar-refractivity contribution in [2.24, 2.45) is 0 Å². The first-order valence-electron chi connectivity index (χ1n) is 8.26. The Morgan fingerprint density at radius 2 is 1.77 bits per heavy atom. The van der Waals surface area contributed by atoms with E-state index in [1.807, 2.05) is 0 Å². The van der Waals surface area contributed by atoms with E-state index in [-0.39, 0.29) is 42.2 Å². The number of rotatable bonds is 9. The molecule has 0 unspecified atom stereocenters. The number of ether oxygens (including phenoxy) is 1. The molecule has 0 aliphatic heterocycles. The number of fused-ring (bicyclic) bond motifs is 1. The van der Waals surface area contributed by atoms with Gasteiger partial charge in [0.25, 0.3) is 0 Å². The fraction of sp³-hybridized carbons (Fsp3) is 0.714. The molecule has 2 aromatic heterocycles. The molecule has 146 valence electrons. The number of nitrogen functional groups attached to an aromatic ring is 1. The van der Waals surface area contributed by atoms with Crippen molar-refractivity contribution < 1.29 is 18.3 Å². The molecular formula is C14H25N6O5P. The van der Waals surface area contributed by atoms with Crippen LogP contribution in [-0.4, -0.2) is 49.6 Å². The van der Waals surface area contributed by atoms with E-state index in [4.69, 9.17) is 19.5 Å². The molecule has 0 saturated carbocycles. The minimum Gasteiger partial charge on any atom is -0.369 e. The van der Waals surface area contributed by atoms with Gasteiger partial charge in [-0.1, -0.05) is 0 Å². The topological polar surface area (TPSA) is 147 Å². The van der Waals surface area contributed by atoms with E-state index in [2.05, 4.69) is 20.2 Å². The van der Waals surface area contributed by atoms with E-state index in [0.717, 1.165) is 0 Å². The van der Waals surface area contributed by atoms with Gasteiger partial charge in [-0.25, -0.2) is 0 Å². The summed E-state index contributed by atoms with van der Waals surface area (Å²) in [6.07, 6.45) is -1.13. The summed E-state index contributed by atoms with van der Waals surface area (Å²) in [5.74, 6) is -0.0311. The average molecular weight is 388 g/mol. The van der Waals surface area contributed by atoms with Crippen LogP contribution in [0.1, 0.15) is 34.6 Å². The zero-order valence-corrected chi connectivity index (χ0v) is 16.4. The smallest absolute Gasteiger partial charge is 0.356 e. The summed E-state index contributed by atoms with van der Waals surface area (Å²) in [4.78, 5) is 19.3. The predicted molar refractivity (Wildman–Crippen MR) is 95.8 cm³/mol. The standard InChI is InChI=1S/C14H25N6O5P/c1-8(2)24-26(22,25-9(3)4)7-23-10(5)6-20-18-11-12(19-20)16-14(15)17-13(11)21/h8-10H,6-7H2,1-5H3,(H3,15,16,17,19,21)/t10-/m0/s1. The van der Waals surface area contributed by atoms with Crippen LogP contribution >= 0.6 is 7.60 Å². The lowest BCUT2D eigenvalue weighted by Crippen LogP contribution is -2.21. The average Bonchev–Trinajstić information content (AvgIpc) is 2.86. The predicted octanol–water partition coefficient (Wildman–Crippen LogP) is 1.50. The normalized spacial score (nSPS) is 13.8. The summed E-state index contributed by atoms with van der Waals surface area (Å²) in [5, 5.41) is 8.20. The molecule has 0 radical (unpaired) electrons. The van der Waals surface area contributed by atoms with Crippen molar-refractivity contribution in [1.82, 2.24) is 25.0 Å². The number of nitrogens with zero attached hydrogens (tertiary/aromatic N) is 4. The number of anilines is 1. The van der Waals surface area contributed by atoms with Crippen molar-refractivity contribution in [3.63, 3.8) is 0 Å². The minimum atomic E-state index is -3.39. The lowest BCUT2D eigenvalue weighted by atomic mass is 10.4. The first-order valence-corrected chi connectivity index (χ1v) is 9.99. The Hall–Kier alpha value is -1.81. The number of aromatic amines is 1. The van der Waals surface area contributed by atoms with Crippen LogP contribution in [-0.2, 0) is 24.9 Å². The van der Waals surface area contributed by atoms with Crippen LogP contribution in [0.2, 0.25) is 0 Å². The number of H-pyrrole nitrogens is 1. The minimum absolute atomic E-state index is 0.0311. The lowest BCUT2D eigenvalue weighted by Gasteiger charge is -2.24. The van der Waals surface area contributed by atoms with Crippen molar-refractivity contribution in [3.8, 4) is 0 Å². The van der Waals surface area contributed by atoms with Crippen LogP contribution in [0.25, 0.3) is 11.2 Å². The first-order chi connectivity index (χ1) is 12.1. The molecule has 26 heavy (non-hydrogen) atoms. The molecule has 0 spiro atoms. The summed E-state index contributed by atoms with van der Waals surface area (Å²) in [7, 11) is -3.39. The van der Waals surface area contributed by atoms with Gasteiger partial charge in [-0.2, -0.15) is 9.78 Å². The molecule has 12 heteroatoms. The fourth-order valence-electron chi connectivity index (χ4n) is 2.20. The molecule has 0 fully saturated rings. The molecule has 0 aliphatic rings. The van der Waals surface area contributed by atoms with Crippen LogP contribution in [0.5, 0.6) is 0 Å². The summed E-state index contributed by atoms with van der Waals surface area (Å²) < 4.78 is 29.2. The summed E-state index contributed by atoms with van der Waals surface area (Å²) >= 11 is 0. The van der Waals surface area contributed by atoms with Crippen molar-refractivity contribution >= 4 is 24.7 Å². The molecule has 3 N–H and O–H groups in total. The third kappa shape index (κ3) is 5.60. The molecule has 0 aliphatic carbocycles. The van der Waals surface area contributed by atoms with E-state index in [1.54, 1.807) is 34.6 Å². The van der Waals surface area contributed by atoms with E-state index >= 15 is 0 Å². The molecule has 11 nitrogen and oxygen atoms in total. The van der Waals surface area contributed by atoms with E-state index in [9.17, 15) is 9.36 Å². The summed E-state index contributed by atoms with van der Waals surface area (Å²) in [5.41, 5.74) is 5.25. The van der Waals surface area contributed by atoms with Crippen LogP contribution in [0.4, 0.5) is 5.95 Å². The van der Waals surface area contributed by atoms with Gasteiger partial charge in [0.05, 0.1) is 24.9 Å². The van der Waals surface area contributed by atoms with Gasteiger partial charge in [0.1, 0.15) is 6.35 Å². The highest BCUT2D eigenvalue weighted by Gasteiger charge is 2.29. The Morgan fingerprint density at radius 3 is 2.35 bits per heavy atom. The van der Waals surface area contributed by atoms with Gasteiger partial charge in [0.2, 0.25) is 5.95 Å². The monoisotopic (exact) mass is 388 g/mol.